The van der Waals surface area contributed by atoms with Crippen LogP contribution in [0.3, 0.4) is 0 Å². The van der Waals surface area contributed by atoms with Gasteiger partial charge in [0.2, 0.25) is 5.91 Å². The molecule has 1 aliphatic heterocycles. The zero-order valence-electron chi connectivity index (χ0n) is 14.8. The third kappa shape index (κ3) is 5.29. The molecular weight excluding hydrogens is 340 g/mol. The minimum absolute atomic E-state index is 0.0117. The molecule has 3 rings (SSSR count). The van der Waals surface area contributed by atoms with Crippen molar-refractivity contribution in [2.45, 2.75) is 37.1 Å². The molecule has 0 unspecified atom stereocenters. The number of aromatic amines is 1. The third-order valence-corrected chi connectivity index (χ3v) is 5.75. The number of thioether (sulfide) groups is 1. The summed E-state index contributed by atoms with van der Waals surface area (Å²) in [5.74, 6) is -0.0117. The van der Waals surface area contributed by atoms with Crippen LogP contribution in [0.2, 0.25) is 0 Å². The third-order valence-electron chi connectivity index (χ3n) is 4.76. The Labute approximate surface area is 151 Å². The van der Waals surface area contributed by atoms with Crippen LogP contribution >= 0.6 is 11.8 Å². The summed E-state index contributed by atoms with van der Waals surface area (Å²) in [5, 5.41) is 3.27. The molecule has 2 N–H and O–H groups in total. The number of amides is 1. The van der Waals surface area contributed by atoms with Crippen molar-refractivity contribution in [3.05, 3.63) is 22.1 Å². The Morgan fingerprint density at radius 2 is 2.20 bits per heavy atom. The molecule has 1 aliphatic carbocycles. The zero-order chi connectivity index (χ0) is 17.9. The Balaban J connectivity index is 1.47. The number of carbonyl (C=O) groups is 1. The molecule has 1 saturated carbocycles. The number of carbonyl (C=O) groups excluding carboxylic acids is 1. The minimum Gasteiger partial charge on any atom is -0.379 e. The number of nitrogens with zero attached hydrogens (tertiary/aromatic N) is 2. The molecule has 1 amide bonds. The van der Waals surface area contributed by atoms with E-state index in [4.69, 9.17) is 4.74 Å². The first-order valence-electron chi connectivity index (χ1n) is 8.78. The predicted molar refractivity (Wildman–Crippen MR) is 96.8 cm³/mol. The molecule has 0 spiro atoms. The molecule has 8 heteroatoms. The van der Waals surface area contributed by atoms with Crippen LogP contribution in [0.4, 0.5) is 0 Å². The average Bonchev–Trinajstić information content (AvgIpc) is 3.32. The number of rotatable bonds is 7. The van der Waals surface area contributed by atoms with Crippen molar-refractivity contribution in [1.29, 1.82) is 0 Å². The second kappa shape index (κ2) is 7.88. The van der Waals surface area contributed by atoms with Crippen molar-refractivity contribution in [3.63, 3.8) is 0 Å². The summed E-state index contributed by atoms with van der Waals surface area (Å²) in [6.07, 6.45) is 2.33. The van der Waals surface area contributed by atoms with E-state index < -0.39 is 0 Å². The first-order chi connectivity index (χ1) is 12.0. The molecule has 2 fully saturated rings. The van der Waals surface area contributed by atoms with E-state index in [0.29, 0.717) is 17.4 Å². The standard InChI is InChI=1S/C17H26N4O3S/c1-12-9-14(22)20-16(19-12)25-13(2)15(23)18-10-17(3-4-17)11-21-5-7-24-8-6-21/h9,13H,3-8,10-11H2,1-2H3,(H,18,23)(H,19,20,22)/t13-/m0/s1. The lowest BCUT2D eigenvalue weighted by Gasteiger charge is -2.30. The molecule has 2 aliphatic rings. The summed E-state index contributed by atoms with van der Waals surface area (Å²) in [4.78, 5) is 33.3. The molecule has 0 bridgehead atoms. The smallest absolute Gasteiger partial charge is 0.251 e. The summed E-state index contributed by atoms with van der Waals surface area (Å²) >= 11 is 1.28. The molecule has 1 atom stereocenters. The van der Waals surface area contributed by atoms with Crippen LogP contribution in [0.5, 0.6) is 0 Å². The van der Waals surface area contributed by atoms with Gasteiger partial charge in [-0.15, -0.1) is 0 Å². The van der Waals surface area contributed by atoms with Gasteiger partial charge >= 0.3 is 0 Å². The van der Waals surface area contributed by atoms with Crippen LogP contribution in [0.15, 0.2) is 16.0 Å². The van der Waals surface area contributed by atoms with E-state index in [1.54, 1.807) is 6.92 Å². The number of ether oxygens (including phenoxy) is 1. The minimum atomic E-state index is -0.302. The number of aromatic nitrogens is 2. The van der Waals surface area contributed by atoms with Gasteiger partial charge in [0, 0.05) is 43.4 Å². The highest BCUT2D eigenvalue weighted by Crippen LogP contribution is 2.45. The van der Waals surface area contributed by atoms with E-state index >= 15 is 0 Å². The maximum Gasteiger partial charge on any atom is 0.251 e. The quantitative estimate of drug-likeness (QED) is 0.548. The first-order valence-corrected chi connectivity index (χ1v) is 9.66. The Morgan fingerprint density at radius 1 is 1.48 bits per heavy atom. The van der Waals surface area contributed by atoms with Crippen LogP contribution in [0.1, 0.15) is 25.5 Å². The summed E-state index contributed by atoms with van der Waals surface area (Å²) < 4.78 is 5.39. The normalized spacial score (nSPS) is 20.9. The maximum absolute atomic E-state index is 12.4. The van der Waals surface area contributed by atoms with Gasteiger partial charge in [0.05, 0.1) is 18.5 Å². The number of aryl methyl sites for hydroxylation is 1. The second-order valence-electron chi connectivity index (χ2n) is 7.06. The van der Waals surface area contributed by atoms with Gasteiger partial charge in [-0.25, -0.2) is 4.98 Å². The number of hydrogen-bond donors (Lipinski definition) is 2. The zero-order valence-corrected chi connectivity index (χ0v) is 15.7. The molecule has 1 aromatic heterocycles. The molecule has 0 radical (unpaired) electrons. The van der Waals surface area contributed by atoms with E-state index in [0.717, 1.165) is 32.8 Å². The molecule has 25 heavy (non-hydrogen) atoms. The monoisotopic (exact) mass is 366 g/mol. The molecule has 7 nitrogen and oxygen atoms in total. The summed E-state index contributed by atoms with van der Waals surface area (Å²) in [6, 6.07) is 1.44. The van der Waals surface area contributed by atoms with Crippen LogP contribution in [0.25, 0.3) is 0 Å². The summed E-state index contributed by atoms with van der Waals surface area (Å²) in [5.41, 5.74) is 0.694. The van der Waals surface area contributed by atoms with Gasteiger partial charge in [0.1, 0.15) is 0 Å². The average molecular weight is 366 g/mol. The predicted octanol–water partition coefficient (Wildman–Crippen LogP) is 0.788. The number of morpholine rings is 1. The van der Waals surface area contributed by atoms with Crippen LogP contribution in [-0.4, -0.2) is 65.4 Å². The van der Waals surface area contributed by atoms with E-state index in [1.165, 1.54) is 30.7 Å². The van der Waals surface area contributed by atoms with Crippen LogP contribution < -0.4 is 10.9 Å². The molecule has 0 aromatic carbocycles. The van der Waals surface area contributed by atoms with Gasteiger partial charge < -0.3 is 15.0 Å². The lowest BCUT2D eigenvalue weighted by atomic mass is 10.1. The Hall–Kier alpha value is -1.38. The van der Waals surface area contributed by atoms with Gasteiger partial charge in [-0.3, -0.25) is 14.5 Å². The van der Waals surface area contributed by atoms with Gasteiger partial charge in [-0.05, 0) is 26.7 Å². The first kappa shape index (κ1) is 18.4. The molecule has 1 saturated heterocycles. The van der Waals surface area contributed by atoms with Gasteiger partial charge in [0.25, 0.3) is 5.56 Å². The fourth-order valence-electron chi connectivity index (χ4n) is 3.05. The van der Waals surface area contributed by atoms with Crippen molar-refractivity contribution < 1.29 is 9.53 Å². The van der Waals surface area contributed by atoms with Gasteiger partial charge in [-0.2, -0.15) is 0 Å². The van der Waals surface area contributed by atoms with Crippen molar-refractivity contribution in [2.75, 3.05) is 39.4 Å². The second-order valence-corrected chi connectivity index (χ2v) is 8.39. The summed E-state index contributed by atoms with van der Waals surface area (Å²) in [7, 11) is 0. The largest absolute Gasteiger partial charge is 0.379 e. The van der Waals surface area contributed by atoms with E-state index in [2.05, 4.69) is 20.2 Å². The lowest BCUT2D eigenvalue weighted by Crippen LogP contribution is -2.44. The fourth-order valence-corrected chi connectivity index (χ4v) is 3.93. The van der Waals surface area contributed by atoms with Gasteiger partial charge in [0.15, 0.2) is 5.16 Å². The van der Waals surface area contributed by atoms with E-state index in [-0.39, 0.29) is 22.1 Å². The van der Waals surface area contributed by atoms with E-state index in [9.17, 15) is 9.59 Å². The number of H-pyrrole nitrogens is 1. The van der Waals surface area contributed by atoms with Crippen molar-refractivity contribution in [1.82, 2.24) is 20.2 Å². The highest BCUT2D eigenvalue weighted by Gasteiger charge is 2.44. The van der Waals surface area contributed by atoms with Crippen LogP contribution in [-0.2, 0) is 9.53 Å². The fraction of sp³-hybridized carbons (Fsp3) is 0.706. The topological polar surface area (TPSA) is 87.3 Å². The van der Waals surface area contributed by atoms with Crippen molar-refractivity contribution in [3.8, 4) is 0 Å². The Morgan fingerprint density at radius 3 is 2.84 bits per heavy atom. The molecular formula is C17H26N4O3S. The summed E-state index contributed by atoms with van der Waals surface area (Å²) in [6.45, 7) is 8.92. The SMILES string of the molecule is Cc1cc(=O)[nH]c(S[C@@H](C)C(=O)NCC2(CN3CCOCC3)CC2)n1. The van der Waals surface area contributed by atoms with Crippen LogP contribution in [0, 0.1) is 12.3 Å². The highest BCUT2D eigenvalue weighted by molar-refractivity contribution is 8.00. The van der Waals surface area contributed by atoms with Crippen molar-refractivity contribution in [2.24, 2.45) is 5.41 Å². The van der Waals surface area contributed by atoms with Gasteiger partial charge in [-0.1, -0.05) is 11.8 Å². The highest BCUT2D eigenvalue weighted by atomic mass is 32.2. The number of hydrogen-bond acceptors (Lipinski definition) is 6. The number of nitrogens with one attached hydrogen (secondary N) is 2. The van der Waals surface area contributed by atoms with E-state index in [1.807, 2.05) is 6.92 Å². The Bertz CT molecular complexity index is 668. The molecule has 2 heterocycles. The maximum atomic E-state index is 12.4. The van der Waals surface area contributed by atoms with Crippen molar-refractivity contribution >= 4 is 17.7 Å². The molecule has 138 valence electrons. The lowest BCUT2D eigenvalue weighted by molar-refractivity contribution is -0.120. The Kier molecular flexibility index (Phi) is 5.81. The molecule has 1 aromatic rings.